The van der Waals surface area contributed by atoms with E-state index in [9.17, 15) is 19.2 Å². The van der Waals surface area contributed by atoms with Crippen LogP contribution in [-0.4, -0.2) is 39.2 Å². The van der Waals surface area contributed by atoms with Crippen molar-refractivity contribution in [2.24, 2.45) is 21.1 Å². The third kappa shape index (κ3) is 3.45. The first-order valence-corrected chi connectivity index (χ1v) is 10.2. The average molecular weight is 423 g/mol. The first kappa shape index (κ1) is 20.6. The molecule has 0 atom stereocenters. The number of aromatic nitrogens is 3. The number of pyridine rings is 1. The molecule has 0 saturated carbocycles. The van der Waals surface area contributed by atoms with Gasteiger partial charge in [-0.1, -0.05) is 18.2 Å². The van der Waals surface area contributed by atoms with E-state index in [0.717, 1.165) is 30.0 Å². The van der Waals surface area contributed by atoms with Gasteiger partial charge in [-0.2, -0.15) is 0 Å². The summed E-state index contributed by atoms with van der Waals surface area (Å²) in [4.78, 5) is 52.7. The molecule has 3 aromatic rings. The molecule has 3 heterocycles. The van der Waals surface area contributed by atoms with Gasteiger partial charge in [-0.05, 0) is 24.5 Å². The van der Waals surface area contributed by atoms with Crippen LogP contribution in [0.25, 0.3) is 11.0 Å². The summed E-state index contributed by atoms with van der Waals surface area (Å²) in [7, 11) is 4.29. The lowest BCUT2D eigenvalue weighted by Gasteiger charge is -2.31. The number of aryl methyl sites for hydroxylation is 3. The maximum absolute atomic E-state index is 13.0. The van der Waals surface area contributed by atoms with Crippen molar-refractivity contribution in [1.29, 1.82) is 0 Å². The smallest absolute Gasteiger partial charge is 0.332 e. The van der Waals surface area contributed by atoms with Gasteiger partial charge in [-0.3, -0.25) is 28.1 Å². The highest BCUT2D eigenvalue weighted by Gasteiger charge is 2.21. The molecule has 2 aromatic heterocycles. The van der Waals surface area contributed by atoms with Crippen molar-refractivity contribution in [1.82, 2.24) is 19.0 Å². The Labute approximate surface area is 178 Å². The number of hydrogen-bond acceptors (Lipinski definition) is 5. The molecular weight excluding hydrogens is 398 g/mol. The maximum atomic E-state index is 13.0. The van der Waals surface area contributed by atoms with Gasteiger partial charge < -0.3 is 10.2 Å². The zero-order chi connectivity index (χ0) is 22.3. The normalized spacial score (nSPS) is 13.3. The van der Waals surface area contributed by atoms with Crippen LogP contribution in [0.3, 0.4) is 0 Å². The van der Waals surface area contributed by atoms with E-state index in [1.54, 1.807) is 0 Å². The summed E-state index contributed by atoms with van der Waals surface area (Å²) in [6.45, 7) is 1.88. The van der Waals surface area contributed by atoms with Gasteiger partial charge in [-0.25, -0.2) is 4.79 Å². The van der Waals surface area contributed by atoms with Gasteiger partial charge >= 0.3 is 5.69 Å². The summed E-state index contributed by atoms with van der Waals surface area (Å²) < 4.78 is 3.35. The molecule has 4 rings (SSSR count). The van der Waals surface area contributed by atoms with Crippen molar-refractivity contribution in [2.45, 2.75) is 12.8 Å². The van der Waals surface area contributed by atoms with E-state index in [1.807, 2.05) is 12.1 Å². The maximum Gasteiger partial charge on any atom is 0.332 e. The average Bonchev–Trinajstić information content (AvgIpc) is 2.77. The van der Waals surface area contributed by atoms with Crippen molar-refractivity contribution in [3.63, 3.8) is 0 Å². The monoisotopic (exact) mass is 423 g/mol. The lowest BCUT2D eigenvalue weighted by molar-refractivity contribution is 0.0956. The van der Waals surface area contributed by atoms with Crippen molar-refractivity contribution < 1.29 is 4.79 Å². The zero-order valence-corrected chi connectivity index (χ0v) is 17.8. The van der Waals surface area contributed by atoms with Gasteiger partial charge in [0.15, 0.2) is 0 Å². The topological polar surface area (TPSA) is 98.3 Å². The standard InChI is InChI=1S/C22H25N5O4/c1-24-17(28)13-15(18-20(24)25(2)22(31)26(3)21(18)30)19(29)23-10-12-27-11-6-8-14-7-4-5-9-16(14)27/h4-5,7,9,13H,6,8,10-12H2,1-3H3,(H,23,29). The number of amides is 1. The number of carbonyl (C=O) groups is 1. The molecule has 0 bridgehead atoms. The van der Waals surface area contributed by atoms with Crippen LogP contribution >= 0.6 is 0 Å². The molecule has 1 N–H and O–H groups in total. The van der Waals surface area contributed by atoms with Gasteiger partial charge in [0.2, 0.25) is 0 Å². The van der Waals surface area contributed by atoms with E-state index >= 15 is 0 Å². The fourth-order valence-electron chi connectivity index (χ4n) is 4.28. The highest BCUT2D eigenvalue weighted by atomic mass is 16.2. The first-order valence-electron chi connectivity index (χ1n) is 10.2. The number of carbonyl (C=O) groups excluding carboxylic acids is 1. The third-order valence-corrected chi connectivity index (χ3v) is 5.94. The Hall–Kier alpha value is -3.62. The van der Waals surface area contributed by atoms with Crippen LogP contribution < -0.4 is 27.0 Å². The largest absolute Gasteiger partial charge is 0.370 e. The van der Waals surface area contributed by atoms with Gasteiger partial charge in [-0.15, -0.1) is 0 Å². The predicted octanol–water partition coefficient (Wildman–Crippen LogP) is 0.119. The van der Waals surface area contributed by atoms with Crippen molar-refractivity contribution >= 4 is 22.6 Å². The molecular formula is C22H25N5O4. The van der Waals surface area contributed by atoms with Gasteiger partial charge in [0.05, 0.1) is 10.9 Å². The van der Waals surface area contributed by atoms with Crippen LogP contribution in [0.1, 0.15) is 22.3 Å². The van der Waals surface area contributed by atoms with Crippen LogP contribution in [-0.2, 0) is 27.6 Å². The molecule has 31 heavy (non-hydrogen) atoms. The van der Waals surface area contributed by atoms with E-state index in [1.165, 1.54) is 41.5 Å². The molecule has 1 aliphatic heterocycles. The Morgan fingerprint density at radius 1 is 1.03 bits per heavy atom. The van der Waals surface area contributed by atoms with Gasteiger partial charge in [0.1, 0.15) is 5.65 Å². The minimum Gasteiger partial charge on any atom is -0.370 e. The highest BCUT2D eigenvalue weighted by molar-refractivity contribution is 6.05. The number of rotatable bonds is 4. The van der Waals surface area contributed by atoms with Crippen LogP contribution in [0.2, 0.25) is 0 Å². The second kappa shape index (κ2) is 7.90. The van der Waals surface area contributed by atoms with Crippen molar-refractivity contribution in [2.75, 3.05) is 24.5 Å². The first-order chi connectivity index (χ1) is 14.8. The minimum atomic E-state index is -0.608. The Kier molecular flexibility index (Phi) is 5.26. The Balaban J connectivity index is 1.64. The minimum absolute atomic E-state index is 0.0201. The van der Waals surface area contributed by atoms with E-state index in [-0.39, 0.29) is 16.6 Å². The fraction of sp³-hybridized carbons (Fsp3) is 0.364. The van der Waals surface area contributed by atoms with Crippen molar-refractivity contribution in [3.8, 4) is 0 Å². The molecule has 1 aromatic carbocycles. The van der Waals surface area contributed by atoms with Crippen LogP contribution in [0.4, 0.5) is 5.69 Å². The van der Waals surface area contributed by atoms with E-state index in [4.69, 9.17) is 0 Å². The summed E-state index contributed by atoms with van der Waals surface area (Å²) in [6.07, 6.45) is 2.09. The molecule has 0 saturated heterocycles. The molecule has 9 heteroatoms. The number of hydrogen-bond donors (Lipinski definition) is 1. The number of anilines is 1. The number of fused-ring (bicyclic) bond motifs is 2. The second-order valence-corrected chi connectivity index (χ2v) is 7.83. The summed E-state index contributed by atoms with van der Waals surface area (Å²) >= 11 is 0. The second-order valence-electron chi connectivity index (χ2n) is 7.83. The number of nitrogens with zero attached hydrogens (tertiary/aromatic N) is 4. The highest BCUT2D eigenvalue weighted by Crippen LogP contribution is 2.26. The summed E-state index contributed by atoms with van der Waals surface area (Å²) in [5.41, 5.74) is 0.931. The van der Waals surface area contributed by atoms with Crippen molar-refractivity contribution in [3.05, 3.63) is 72.7 Å². The molecule has 162 valence electrons. The Morgan fingerprint density at radius 3 is 2.55 bits per heavy atom. The summed E-state index contributed by atoms with van der Waals surface area (Å²) in [6, 6.07) is 9.38. The van der Waals surface area contributed by atoms with Crippen LogP contribution in [0.5, 0.6) is 0 Å². The quantitative estimate of drug-likeness (QED) is 0.643. The lowest BCUT2D eigenvalue weighted by Crippen LogP contribution is -2.42. The SMILES string of the molecule is Cn1c(=O)c2c(C(=O)NCCN3CCCc4ccccc43)cc(=O)n(C)c2n(C)c1=O. The van der Waals surface area contributed by atoms with Gasteiger partial charge in [0.25, 0.3) is 17.0 Å². The van der Waals surface area contributed by atoms with Crippen LogP contribution in [0.15, 0.2) is 44.7 Å². The third-order valence-electron chi connectivity index (χ3n) is 5.94. The van der Waals surface area contributed by atoms with E-state index in [2.05, 4.69) is 22.3 Å². The predicted molar refractivity (Wildman–Crippen MR) is 119 cm³/mol. The fourth-order valence-corrected chi connectivity index (χ4v) is 4.28. The molecule has 1 amide bonds. The van der Waals surface area contributed by atoms with Crippen LogP contribution in [0, 0.1) is 0 Å². The molecule has 9 nitrogen and oxygen atoms in total. The lowest BCUT2D eigenvalue weighted by atomic mass is 10.0. The molecule has 0 aliphatic carbocycles. The van der Waals surface area contributed by atoms with E-state index < -0.39 is 22.7 Å². The Bertz CT molecular complexity index is 1370. The van der Waals surface area contributed by atoms with E-state index in [0.29, 0.717) is 13.1 Å². The molecule has 0 spiro atoms. The molecule has 0 fully saturated rings. The number of para-hydroxylation sites is 1. The van der Waals surface area contributed by atoms with Gasteiger partial charge in [0, 0.05) is 52.5 Å². The Morgan fingerprint density at radius 2 is 1.77 bits per heavy atom. The number of benzene rings is 1. The molecule has 1 aliphatic rings. The number of nitrogens with one attached hydrogen (secondary N) is 1. The molecule has 0 radical (unpaired) electrons. The molecule has 0 unspecified atom stereocenters. The zero-order valence-electron chi connectivity index (χ0n) is 17.8. The summed E-state index contributed by atoms with van der Waals surface area (Å²) in [5.74, 6) is -0.510. The summed E-state index contributed by atoms with van der Waals surface area (Å²) in [5, 5.41) is 2.88.